The van der Waals surface area contributed by atoms with Crippen molar-refractivity contribution >= 4 is 6.29 Å². The lowest BCUT2D eigenvalue weighted by molar-refractivity contribution is -0.132. The van der Waals surface area contributed by atoms with E-state index < -0.39 is 0 Å². The van der Waals surface area contributed by atoms with Crippen molar-refractivity contribution in [2.45, 2.75) is 31.9 Å². The Morgan fingerprint density at radius 3 is 3.00 bits per heavy atom. The molecule has 0 amide bonds. The molecule has 0 aromatic carbocycles. The fourth-order valence-corrected chi connectivity index (χ4v) is 2.74. The molecule has 0 saturated carbocycles. The third-order valence-electron chi connectivity index (χ3n) is 3.96. The molecule has 2 saturated heterocycles. The van der Waals surface area contributed by atoms with E-state index in [0.717, 1.165) is 25.7 Å². The average molecular weight is 257 g/mol. The van der Waals surface area contributed by atoms with E-state index in [2.05, 4.69) is 11.8 Å². The van der Waals surface area contributed by atoms with E-state index in [0.29, 0.717) is 26.3 Å². The lowest BCUT2D eigenvalue weighted by Gasteiger charge is -2.43. The number of carbonyl (C=O) groups excluding carboxylic acids is 1. The molecule has 104 valence electrons. The predicted octanol–water partition coefficient (Wildman–Crippen LogP) is 0.0637. The minimum atomic E-state index is -0.371. The maximum Gasteiger partial charge on any atom is 0.129 e. The van der Waals surface area contributed by atoms with E-state index in [-0.39, 0.29) is 24.2 Å². The monoisotopic (exact) mass is 257 g/mol. The number of hydrogen-bond acceptors (Lipinski definition) is 5. The number of carbonyl (C=O) groups is 1. The Morgan fingerprint density at radius 2 is 2.39 bits per heavy atom. The summed E-state index contributed by atoms with van der Waals surface area (Å²) in [6, 6.07) is 0.284. The lowest BCUT2D eigenvalue weighted by atomic mass is 9.83. The van der Waals surface area contributed by atoms with Crippen molar-refractivity contribution < 1.29 is 19.4 Å². The summed E-state index contributed by atoms with van der Waals surface area (Å²) in [6.45, 7) is 5.41. The smallest absolute Gasteiger partial charge is 0.129 e. The fraction of sp³-hybridized carbons (Fsp3) is 0.923. The zero-order valence-corrected chi connectivity index (χ0v) is 11.0. The summed E-state index contributed by atoms with van der Waals surface area (Å²) in [5.74, 6) is 0. The summed E-state index contributed by atoms with van der Waals surface area (Å²) >= 11 is 0. The van der Waals surface area contributed by atoms with Crippen molar-refractivity contribution in [3.05, 3.63) is 0 Å². The topological polar surface area (TPSA) is 59.0 Å². The molecule has 0 spiro atoms. The van der Waals surface area contributed by atoms with Gasteiger partial charge >= 0.3 is 0 Å². The van der Waals surface area contributed by atoms with Crippen LogP contribution in [0.15, 0.2) is 0 Å². The first kappa shape index (κ1) is 13.9. The first-order valence-electron chi connectivity index (χ1n) is 6.70. The van der Waals surface area contributed by atoms with E-state index in [9.17, 15) is 9.90 Å². The molecule has 18 heavy (non-hydrogen) atoms. The van der Waals surface area contributed by atoms with Crippen LogP contribution in [0.3, 0.4) is 0 Å². The van der Waals surface area contributed by atoms with Crippen LogP contribution in [-0.4, -0.2) is 68.0 Å². The molecule has 2 fully saturated rings. The van der Waals surface area contributed by atoms with Crippen LogP contribution in [0.2, 0.25) is 0 Å². The standard InChI is InChI=1S/C13H23NO4/c1-11-7-18-12(6-15)5-14(11)8-13(9-16)3-2-4-17-10-13/h9,11-12,15H,2-8,10H2,1H3. The summed E-state index contributed by atoms with van der Waals surface area (Å²) in [5.41, 5.74) is -0.371. The van der Waals surface area contributed by atoms with Crippen LogP contribution in [0.25, 0.3) is 0 Å². The summed E-state index contributed by atoms with van der Waals surface area (Å²) in [5, 5.41) is 9.18. The van der Waals surface area contributed by atoms with Gasteiger partial charge in [-0.05, 0) is 19.8 Å². The Bertz CT molecular complexity index is 278. The molecular weight excluding hydrogens is 234 g/mol. The molecule has 5 nitrogen and oxygen atoms in total. The van der Waals surface area contributed by atoms with Crippen molar-refractivity contribution in [2.24, 2.45) is 5.41 Å². The molecule has 0 radical (unpaired) electrons. The molecular formula is C13H23NO4. The van der Waals surface area contributed by atoms with Crippen LogP contribution in [0, 0.1) is 5.41 Å². The first-order chi connectivity index (χ1) is 8.69. The van der Waals surface area contributed by atoms with Crippen molar-refractivity contribution in [1.29, 1.82) is 0 Å². The van der Waals surface area contributed by atoms with Gasteiger partial charge in [0.15, 0.2) is 0 Å². The lowest BCUT2D eigenvalue weighted by Crippen LogP contribution is -2.54. The average Bonchev–Trinajstić information content (AvgIpc) is 2.42. The number of nitrogens with zero attached hydrogens (tertiary/aromatic N) is 1. The SMILES string of the molecule is CC1COC(CO)CN1CC1(C=O)CCCOC1. The van der Waals surface area contributed by atoms with Gasteiger partial charge in [0.25, 0.3) is 0 Å². The van der Waals surface area contributed by atoms with E-state index in [1.807, 2.05) is 0 Å². The maximum absolute atomic E-state index is 11.4. The molecule has 2 rings (SSSR count). The van der Waals surface area contributed by atoms with Crippen LogP contribution in [0.4, 0.5) is 0 Å². The minimum Gasteiger partial charge on any atom is -0.394 e. The van der Waals surface area contributed by atoms with E-state index in [1.54, 1.807) is 0 Å². The van der Waals surface area contributed by atoms with Crippen LogP contribution in [0.5, 0.6) is 0 Å². The number of rotatable bonds is 4. The Morgan fingerprint density at radius 1 is 1.56 bits per heavy atom. The first-order valence-corrected chi connectivity index (χ1v) is 6.70. The molecule has 2 aliphatic heterocycles. The molecule has 0 bridgehead atoms. The van der Waals surface area contributed by atoms with Gasteiger partial charge in [-0.1, -0.05) is 0 Å². The molecule has 3 atom stereocenters. The van der Waals surface area contributed by atoms with Crippen LogP contribution in [-0.2, 0) is 14.3 Å². The number of hydrogen-bond donors (Lipinski definition) is 1. The normalized spacial score (nSPS) is 38.6. The van der Waals surface area contributed by atoms with Crippen LogP contribution in [0.1, 0.15) is 19.8 Å². The van der Waals surface area contributed by atoms with Gasteiger partial charge in [-0.3, -0.25) is 4.90 Å². The number of morpholine rings is 1. The van der Waals surface area contributed by atoms with Gasteiger partial charge < -0.3 is 19.4 Å². The number of aliphatic hydroxyl groups excluding tert-OH is 1. The zero-order valence-electron chi connectivity index (χ0n) is 11.0. The van der Waals surface area contributed by atoms with Gasteiger partial charge in [0.2, 0.25) is 0 Å². The molecule has 1 N–H and O–H groups in total. The van der Waals surface area contributed by atoms with Crippen molar-refractivity contribution in [3.8, 4) is 0 Å². The molecule has 3 unspecified atom stereocenters. The highest BCUT2D eigenvalue weighted by Gasteiger charge is 2.37. The van der Waals surface area contributed by atoms with Crippen molar-refractivity contribution in [1.82, 2.24) is 4.90 Å². The fourth-order valence-electron chi connectivity index (χ4n) is 2.74. The van der Waals surface area contributed by atoms with Crippen LogP contribution < -0.4 is 0 Å². The number of aldehydes is 1. The Hall–Kier alpha value is -0.490. The third-order valence-corrected chi connectivity index (χ3v) is 3.96. The molecule has 5 heteroatoms. The van der Waals surface area contributed by atoms with Crippen molar-refractivity contribution in [3.63, 3.8) is 0 Å². The molecule has 2 aliphatic rings. The molecule has 0 aromatic rings. The zero-order chi connectivity index (χ0) is 13.0. The Kier molecular flexibility index (Phi) is 4.72. The highest BCUT2D eigenvalue weighted by Crippen LogP contribution is 2.29. The quantitative estimate of drug-likeness (QED) is 0.722. The minimum absolute atomic E-state index is 0.0355. The van der Waals surface area contributed by atoms with E-state index >= 15 is 0 Å². The summed E-state index contributed by atoms with van der Waals surface area (Å²) in [4.78, 5) is 13.7. The summed E-state index contributed by atoms with van der Waals surface area (Å²) in [7, 11) is 0. The highest BCUT2D eigenvalue weighted by molar-refractivity contribution is 5.60. The highest BCUT2D eigenvalue weighted by atomic mass is 16.5. The van der Waals surface area contributed by atoms with Gasteiger partial charge in [0.1, 0.15) is 6.29 Å². The van der Waals surface area contributed by atoms with Crippen LogP contribution >= 0.6 is 0 Å². The van der Waals surface area contributed by atoms with E-state index in [4.69, 9.17) is 9.47 Å². The predicted molar refractivity (Wildman–Crippen MR) is 66.4 cm³/mol. The van der Waals surface area contributed by atoms with E-state index in [1.165, 1.54) is 0 Å². The van der Waals surface area contributed by atoms with Gasteiger partial charge in [-0.25, -0.2) is 0 Å². The van der Waals surface area contributed by atoms with Crippen molar-refractivity contribution in [2.75, 3.05) is 39.5 Å². The second kappa shape index (κ2) is 6.10. The van der Waals surface area contributed by atoms with Gasteiger partial charge in [0.05, 0.1) is 31.3 Å². The van der Waals surface area contributed by atoms with Gasteiger partial charge in [-0.15, -0.1) is 0 Å². The maximum atomic E-state index is 11.4. The molecule has 0 aromatic heterocycles. The third kappa shape index (κ3) is 3.09. The summed E-state index contributed by atoms with van der Waals surface area (Å²) < 4.78 is 11.0. The molecule has 2 heterocycles. The Balaban J connectivity index is 1.98. The second-order valence-corrected chi connectivity index (χ2v) is 5.55. The number of aliphatic hydroxyl groups is 1. The molecule has 0 aliphatic carbocycles. The van der Waals surface area contributed by atoms with Gasteiger partial charge in [0, 0.05) is 25.7 Å². The number of ether oxygens (including phenoxy) is 2. The summed E-state index contributed by atoms with van der Waals surface area (Å²) in [6.07, 6.45) is 2.77. The van der Waals surface area contributed by atoms with Gasteiger partial charge in [-0.2, -0.15) is 0 Å². The Labute approximate surface area is 108 Å². The second-order valence-electron chi connectivity index (χ2n) is 5.55. The largest absolute Gasteiger partial charge is 0.394 e.